The highest BCUT2D eigenvalue weighted by molar-refractivity contribution is 6.30. The van der Waals surface area contributed by atoms with Gasteiger partial charge in [-0.25, -0.2) is 8.78 Å². The Bertz CT molecular complexity index is 677. The Balaban J connectivity index is 2.43. The van der Waals surface area contributed by atoms with Crippen molar-refractivity contribution in [2.45, 2.75) is 0 Å². The largest absolute Gasteiger partial charge is 0.456 e. The zero-order valence-corrected chi connectivity index (χ0v) is 10.7. The van der Waals surface area contributed by atoms with E-state index in [1.807, 2.05) is 0 Å². The number of hydrogen-bond acceptors (Lipinski definition) is 3. The van der Waals surface area contributed by atoms with E-state index < -0.39 is 17.5 Å². The van der Waals surface area contributed by atoms with Crippen molar-refractivity contribution in [3.63, 3.8) is 0 Å². The minimum atomic E-state index is -0.729. The number of amidine groups is 1. The van der Waals surface area contributed by atoms with Crippen LogP contribution in [0.25, 0.3) is 0 Å². The van der Waals surface area contributed by atoms with Crippen molar-refractivity contribution >= 4 is 17.4 Å². The molecule has 0 saturated heterocycles. The Kier molecular flexibility index (Phi) is 4.05. The molecule has 4 nitrogen and oxygen atoms in total. The molecule has 3 N–H and O–H groups in total. The Morgan fingerprint density at radius 3 is 2.60 bits per heavy atom. The molecule has 0 fully saturated rings. The van der Waals surface area contributed by atoms with Gasteiger partial charge in [0.15, 0.2) is 5.84 Å². The topological polar surface area (TPSA) is 67.8 Å². The molecule has 0 spiro atoms. The van der Waals surface area contributed by atoms with Gasteiger partial charge in [0.2, 0.25) is 0 Å². The SMILES string of the molecule is N/C(=N/O)c1c(F)cccc1Oc1ccc(Cl)c(F)c1. The van der Waals surface area contributed by atoms with Crippen LogP contribution >= 0.6 is 11.6 Å². The molecule has 0 aliphatic carbocycles. The minimum Gasteiger partial charge on any atom is -0.456 e. The van der Waals surface area contributed by atoms with Crippen LogP contribution in [0, 0.1) is 11.6 Å². The predicted molar refractivity (Wildman–Crippen MR) is 70.4 cm³/mol. The van der Waals surface area contributed by atoms with E-state index in [0.717, 1.165) is 12.1 Å². The Morgan fingerprint density at radius 2 is 1.95 bits per heavy atom. The normalized spacial score (nSPS) is 11.4. The molecule has 0 aliphatic rings. The van der Waals surface area contributed by atoms with Crippen molar-refractivity contribution in [3.8, 4) is 11.5 Å². The molecular formula is C13H9ClF2N2O2. The third-order valence-electron chi connectivity index (χ3n) is 2.46. The fraction of sp³-hybridized carbons (Fsp3) is 0. The molecule has 0 aromatic heterocycles. The number of halogens is 3. The molecule has 104 valence electrons. The molecule has 0 heterocycles. The molecular weight excluding hydrogens is 290 g/mol. The van der Waals surface area contributed by atoms with Gasteiger partial charge in [-0.1, -0.05) is 22.8 Å². The van der Waals surface area contributed by atoms with Crippen molar-refractivity contribution < 1.29 is 18.7 Å². The second-order valence-corrected chi connectivity index (χ2v) is 4.18. The summed E-state index contributed by atoms with van der Waals surface area (Å²) < 4.78 is 32.3. The van der Waals surface area contributed by atoms with Gasteiger partial charge in [-0.05, 0) is 24.3 Å². The van der Waals surface area contributed by atoms with Gasteiger partial charge in [0, 0.05) is 6.07 Å². The predicted octanol–water partition coefficient (Wildman–Crippen LogP) is 3.51. The summed E-state index contributed by atoms with van der Waals surface area (Å²) in [6.07, 6.45) is 0. The lowest BCUT2D eigenvalue weighted by Crippen LogP contribution is -2.16. The van der Waals surface area contributed by atoms with E-state index in [4.69, 9.17) is 27.3 Å². The summed E-state index contributed by atoms with van der Waals surface area (Å²) >= 11 is 5.55. The minimum absolute atomic E-state index is 0.0120. The summed E-state index contributed by atoms with van der Waals surface area (Å²) in [6.45, 7) is 0. The standard InChI is InChI=1S/C13H9ClF2N2O2/c14-8-5-4-7(6-10(8)16)20-11-3-1-2-9(15)12(11)13(17)18-19/h1-6,19H,(H2,17,18). The molecule has 0 aliphatic heterocycles. The van der Waals surface area contributed by atoms with Gasteiger partial charge in [0.1, 0.15) is 23.1 Å². The Hall–Kier alpha value is -2.34. The Labute approximate surface area is 118 Å². The molecule has 2 aromatic carbocycles. The van der Waals surface area contributed by atoms with E-state index in [1.54, 1.807) is 0 Å². The zero-order chi connectivity index (χ0) is 14.7. The number of oxime groups is 1. The van der Waals surface area contributed by atoms with E-state index in [0.29, 0.717) is 0 Å². The van der Waals surface area contributed by atoms with Crippen LogP contribution in [0.1, 0.15) is 5.56 Å². The highest BCUT2D eigenvalue weighted by Gasteiger charge is 2.15. The molecule has 0 bridgehead atoms. The summed E-state index contributed by atoms with van der Waals surface area (Å²) in [5, 5.41) is 11.3. The van der Waals surface area contributed by atoms with Gasteiger partial charge in [0.25, 0.3) is 0 Å². The lowest BCUT2D eigenvalue weighted by Gasteiger charge is -2.11. The van der Waals surface area contributed by atoms with Crippen LogP contribution < -0.4 is 10.5 Å². The molecule has 7 heteroatoms. The second-order valence-electron chi connectivity index (χ2n) is 3.78. The fourth-order valence-corrected chi connectivity index (χ4v) is 1.67. The number of nitrogens with two attached hydrogens (primary N) is 1. The summed E-state index contributed by atoms with van der Waals surface area (Å²) in [5.41, 5.74) is 5.17. The summed E-state index contributed by atoms with van der Waals surface area (Å²) in [7, 11) is 0. The number of ether oxygens (including phenoxy) is 1. The van der Waals surface area contributed by atoms with E-state index >= 15 is 0 Å². The number of rotatable bonds is 3. The number of nitrogens with zero attached hydrogens (tertiary/aromatic N) is 1. The Morgan fingerprint density at radius 1 is 1.20 bits per heavy atom. The first kappa shape index (κ1) is 14.1. The van der Waals surface area contributed by atoms with Crippen LogP contribution in [-0.4, -0.2) is 11.0 Å². The molecule has 2 rings (SSSR count). The molecule has 0 amide bonds. The van der Waals surface area contributed by atoms with Crippen molar-refractivity contribution in [2.24, 2.45) is 10.9 Å². The van der Waals surface area contributed by atoms with E-state index in [1.165, 1.54) is 24.3 Å². The third kappa shape index (κ3) is 2.80. The van der Waals surface area contributed by atoms with Crippen LogP contribution in [0.2, 0.25) is 5.02 Å². The van der Waals surface area contributed by atoms with Gasteiger partial charge in [-0.15, -0.1) is 0 Å². The second kappa shape index (κ2) is 5.75. The molecule has 2 aromatic rings. The van der Waals surface area contributed by atoms with Gasteiger partial charge < -0.3 is 15.7 Å². The fourth-order valence-electron chi connectivity index (χ4n) is 1.56. The molecule has 0 unspecified atom stereocenters. The quantitative estimate of drug-likeness (QED) is 0.394. The lowest BCUT2D eigenvalue weighted by molar-refractivity contribution is 0.318. The van der Waals surface area contributed by atoms with E-state index in [-0.39, 0.29) is 22.1 Å². The van der Waals surface area contributed by atoms with Gasteiger partial charge >= 0.3 is 0 Å². The van der Waals surface area contributed by atoms with Gasteiger partial charge in [-0.2, -0.15) is 0 Å². The summed E-state index contributed by atoms with van der Waals surface area (Å²) in [4.78, 5) is 0. The highest BCUT2D eigenvalue weighted by Crippen LogP contribution is 2.29. The van der Waals surface area contributed by atoms with Crippen LogP contribution in [0.3, 0.4) is 0 Å². The third-order valence-corrected chi connectivity index (χ3v) is 2.76. The first-order chi connectivity index (χ1) is 9.52. The van der Waals surface area contributed by atoms with Crippen LogP contribution in [-0.2, 0) is 0 Å². The molecule has 20 heavy (non-hydrogen) atoms. The van der Waals surface area contributed by atoms with Gasteiger partial charge in [0.05, 0.1) is 10.6 Å². The molecule has 0 radical (unpaired) electrons. The lowest BCUT2D eigenvalue weighted by atomic mass is 10.1. The smallest absolute Gasteiger partial charge is 0.176 e. The van der Waals surface area contributed by atoms with Crippen molar-refractivity contribution in [1.29, 1.82) is 0 Å². The van der Waals surface area contributed by atoms with Gasteiger partial charge in [-0.3, -0.25) is 0 Å². The van der Waals surface area contributed by atoms with Crippen molar-refractivity contribution in [2.75, 3.05) is 0 Å². The maximum absolute atomic E-state index is 13.7. The van der Waals surface area contributed by atoms with Crippen LogP contribution in [0.4, 0.5) is 8.78 Å². The number of benzene rings is 2. The highest BCUT2D eigenvalue weighted by atomic mass is 35.5. The monoisotopic (exact) mass is 298 g/mol. The summed E-state index contributed by atoms with van der Waals surface area (Å²) in [6, 6.07) is 7.67. The molecule has 0 saturated carbocycles. The average Bonchev–Trinajstić information content (AvgIpc) is 2.42. The van der Waals surface area contributed by atoms with Crippen LogP contribution in [0.15, 0.2) is 41.6 Å². The zero-order valence-electron chi connectivity index (χ0n) is 9.98. The average molecular weight is 299 g/mol. The summed E-state index contributed by atoms with van der Waals surface area (Å²) in [5.74, 6) is -1.77. The van der Waals surface area contributed by atoms with Crippen molar-refractivity contribution in [1.82, 2.24) is 0 Å². The first-order valence-corrected chi connectivity index (χ1v) is 5.80. The maximum atomic E-state index is 13.7. The maximum Gasteiger partial charge on any atom is 0.176 e. The van der Waals surface area contributed by atoms with Crippen molar-refractivity contribution in [3.05, 3.63) is 58.6 Å². The van der Waals surface area contributed by atoms with E-state index in [2.05, 4.69) is 5.16 Å². The van der Waals surface area contributed by atoms with Crippen LogP contribution in [0.5, 0.6) is 11.5 Å². The first-order valence-electron chi connectivity index (χ1n) is 5.42. The molecule has 0 atom stereocenters. The number of hydrogen-bond donors (Lipinski definition) is 2. The van der Waals surface area contributed by atoms with E-state index in [9.17, 15) is 8.78 Å².